The van der Waals surface area contributed by atoms with Crippen LogP contribution in [0.1, 0.15) is 30.3 Å². The van der Waals surface area contributed by atoms with Gasteiger partial charge in [0.05, 0.1) is 7.11 Å². The lowest BCUT2D eigenvalue weighted by molar-refractivity contribution is 0.0211. The minimum absolute atomic E-state index is 0.144. The van der Waals surface area contributed by atoms with Gasteiger partial charge in [0.1, 0.15) is 5.76 Å². The zero-order valence-corrected chi connectivity index (χ0v) is 15.0. The molecule has 6 heteroatoms. The fourth-order valence-corrected chi connectivity index (χ4v) is 4.20. The lowest BCUT2D eigenvalue weighted by atomic mass is 9.79. The average Bonchev–Trinajstić information content (AvgIpc) is 3.15. The fourth-order valence-electron chi connectivity index (χ4n) is 4.20. The van der Waals surface area contributed by atoms with Crippen LogP contribution in [0.2, 0.25) is 0 Å². The summed E-state index contributed by atoms with van der Waals surface area (Å²) in [5, 5.41) is 3.15. The second-order valence-electron chi connectivity index (χ2n) is 7.13. The highest BCUT2D eigenvalue weighted by Crippen LogP contribution is 2.33. The lowest BCUT2D eigenvalue weighted by Gasteiger charge is -2.49. The average molecular weight is 358 g/mol. The quantitative estimate of drug-likeness (QED) is 0.911. The Bertz CT molecular complexity index is 809. The number of halogens is 1. The molecule has 1 aromatic heterocycles. The smallest absolute Gasteiger partial charge is 0.287 e. The van der Waals surface area contributed by atoms with Crippen molar-refractivity contribution in [1.82, 2.24) is 10.2 Å². The van der Waals surface area contributed by atoms with Gasteiger partial charge in [-0.25, -0.2) is 4.39 Å². The van der Waals surface area contributed by atoms with Crippen molar-refractivity contribution in [3.05, 3.63) is 41.9 Å². The van der Waals surface area contributed by atoms with Crippen LogP contribution in [0.3, 0.4) is 0 Å². The number of amides is 1. The highest BCUT2D eigenvalue weighted by atomic mass is 19.1. The van der Waals surface area contributed by atoms with Crippen molar-refractivity contribution in [2.75, 3.05) is 20.2 Å². The van der Waals surface area contributed by atoms with Gasteiger partial charge in [-0.1, -0.05) is 0 Å². The van der Waals surface area contributed by atoms with Crippen molar-refractivity contribution in [3.63, 3.8) is 0 Å². The molecule has 5 rings (SSSR count). The predicted octanol–water partition coefficient (Wildman–Crippen LogP) is 3.31. The number of carbonyl (C=O) groups excluding carboxylic acids is 1. The molecule has 3 fully saturated rings. The third-order valence-corrected chi connectivity index (χ3v) is 5.74. The van der Waals surface area contributed by atoms with Crippen LogP contribution in [0.5, 0.6) is 5.75 Å². The first kappa shape index (κ1) is 17.1. The third-order valence-electron chi connectivity index (χ3n) is 5.74. The number of benzene rings is 1. The van der Waals surface area contributed by atoms with Gasteiger partial charge >= 0.3 is 0 Å². The van der Waals surface area contributed by atoms with E-state index in [-0.39, 0.29) is 23.5 Å². The number of methoxy groups -OCH3 is 1. The number of hydrogen-bond acceptors (Lipinski definition) is 4. The SMILES string of the molecule is COc1cc(-c2ccc(C(=O)N[C@@H]3C4CCN(CC4)[C@H]3C)o2)ccc1F. The molecule has 3 aliphatic rings. The number of carbonyl (C=O) groups is 1. The molecule has 2 bridgehead atoms. The molecule has 2 atom stereocenters. The first-order valence-corrected chi connectivity index (χ1v) is 9.05. The van der Waals surface area contributed by atoms with Crippen LogP contribution in [0, 0.1) is 11.7 Å². The molecule has 0 saturated carbocycles. The Morgan fingerprint density at radius 3 is 2.73 bits per heavy atom. The van der Waals surface area contributed by atoms with Crippen molar-refractivity contribution >= 4 is 5.91 Å². The number of furan rings is 1. The summed E-state index contributed by atoms with van der Waals surface area (Å²) in [7, 11) is 1.41. The molecular formula is C20H23FN2O3. The molecule has 5 nitrogen and oxygen atoms in total. The molecule has 138 valence electrons. The molecule has 0 radical (unpaired) electrons. The predicted molar refractivity (Wildman–Crippen MR) is 95.7 cm³/mol. The number of rotatable bonds is 4. The molecule has 1 aromatic carbocycles. The van der Waals surface area contributed by atoms with Gasteiger partial charge in [0.15, 0.2) is 17.3 Å². The van der Waals surface area contributed by atoms with Crippen molar-refractivity contribution < 1.29 is 18.3 Å². The molecule has 1 N–H and O–H groups in total. The third kappa shape index (κ3) is 2.98. The topological polar surface area (TPSA) is 54.7 Å². The van der Waals surface area contributed by atoms with E-state index < -0.39 is 5.82 Å². The Morgan fingerprint density at radius 2 is 2.04 bits per heavy atom. The summed E-state index contributed by atoms with van der Waals surface area (Å²) in [6.07, 6.45) is 2.27. The lowest BCUT2D eigenvalue weighted by Crippen LogP contribution is -2.62. The van der Waals surface area contributed by atoms with Crippen LogP contribution < -0.4 is 10.1 Å². The molecule has 2 aromatic rings. The van der Waals surface area contributed by atoms with Crippen LogP contribution in [0.25, 0.3) is 11.3 Å². The standard InChI is InChI=1S/C20H23FN2O3/c1-12-19(13-7-9-23(12)10-8-13)22-20(24)17-6-5-16(26-17)14-3-4-15(21)18(11-14)25-2/h3-6,11-13,19H,7-10H2,1-2H3,(H,22,24)/t12-,19-/m0/s1. The van der Waals surface area contributed by atoms with Crippen LogP contribution in [0.4, 0.5) is 4.39 Å². The van der Waals surface area contributed by atoms with E-state index in [1.54, 1.807) is 24.3 Å². The van der Waals surface area contributed by atoms with Crippen molar-refractivity contribution in [2.24, 2.45) is 5.92 Å². The van der Waals surface area contributed by atoms with Gasteiger partial charge in [-0.15, -0.1) is 0 Å². The largest absolute Gasteiger partial charge is 0.494 e. The van der Waals surface area contributed by atoms with E-state index in [9.17, 15) is 9.18 Å². The van der Waals surface area contributed by atoms with Crippen LogP contribution in [0.15, 0.2) is 34.7 Å². The number of hydrogen-bond donors (Lipinski definition) is 1. The number of fused-ring (bicyclic) bond motifs is 3. The van der Waals surface area contributed by atoms with E-state index in [1.165, 1.54) is 13.2 Å². The highest BCUT2D eigenvalue weighted by Gasteiger charge is 2.40. The molecule has 4 heterocycles. The second kappa shape index (κ2) is 6.76. The number of nitrogens with one attached hydrogen (secondary N) is 1. The van der Waals surface area contributed by atoms with E-state index in [0.717, 1.165) is 25.9 Å². The van der Waals surface area contributed by atoms with Gasteiger partial charge in [-0.2, -0.15) is 0 Å². The first-order valence-electron chi connectivity index (χ1n) is 9.05. The van der Waals surface area contributed by atoms with Gasteiger partial charge < -0.3 is 14.5 Å². The molecule has 26 heavy (non-hydrogen) atoms. The zero-order valence-electron chi connectivity index (χ0n) is 15.0. The van der Waals surface area contributed by atoms with E-state index in [1.807, 2.05) is 0 Å². The van der Waals surface area contributed by atoms with Crippen LogP contribution >= 0.6 is 0 Å². The van der Waals surface area contributed by atoms with Crippen LogP contribution in [-0.2, 0) is 0 Å². The summed E-state index contributed by atoms with van der Waals surface area (Å²) in [5.41, 5.74) is 0.665. The number of ether oxygens (including phenoxy) is 1. The first-order chi connectivity index (χ1) is 12.6. The maximum atomic E-state index is 13.6. The second-order valence-corrected chi connectivity index (χ2v) is 7.13. The van der Waals surface area contributed by atoms with Gasteiger partial charge in [0, 0.05) is 17.6 Å². The Hall–Kier alpha value is -2.34. The van der Waals surface area contributed by atoms with Gasteiger partial charge in [0.25, 0.3) is 5.91 Å². The molecule has 3 aliphatic heterocycles. The summed E-state index contributed by atoms with van der Waals surface area (Å²) in [6, 6.07) is 8.38. The van der Waals surface area contributed by atoms with E-state index in [0.29, 0.717) is 23.3 Å². The van der Waals surface area contributed by atoms with E-state index in [4.69, 9.17) is 9.15 Å². The van der Waals surface area contributed by atoms with Crippen molar-refractivity contribution in [1.29, 1.82) is 0 Å². The fraction of sp³-hybridized carbons (Fsp3) is 0.450. The van der Waals surface area contributed by atoms with Crippen molar-refractivity contribution in [2.45, 2.75) is 31.8 Å². The summed E-state index contributed by atoms with van der Waals surface area (Å²) in [4.78, 5) is 15.1. The Labute approximate surface area is 152 Å². The van der Waals surface area contributed by atoms with Crippen LogP contribution in [-0.4, -0.2) is 43.1 Å². The normalized spacial score (nSPS) is 27.3. The summed E-state index contributed by atoms with van der Waals surface area (Å²) in [5.74, 6) is 0.830. The molecule has 3 saturated heterocycles. The van der Waals surface area contributed by atoms with Gasteiger partial charge in [-0.3, -0.25) is 9.69 Å². The molecule has 0 aliphatic carbocycles. The maximum Gasteiger partial charge on any atom is 0.287 e. The van der Waals surface area contributed by atoms with E-state index in [2.05, 4.69) is 17.1 Å². The molecule has 0 unspecified atom stereocenters. The zero-order chi connectivity index (χ0) is 18.3. The Morgan fingerprint density at radius 1 is 1.27 bits per heavy atom. The number of piperidine rings is 3. The maximum absolute atomic E-state index is 13.6. The summed E-state index contributed by atoms with van der Waals surface area (Å²) < 4.78 is 24.3. The Kier molecular flexibility index (Phi) is 4.44. The summed E-state index contributed by atoms with van der Waals surface area (Å²) >= 11 is 0. The molecular weight excluding hydrogens is 335 g/mol. The Balaban J connectivity index is 1.50. The summed E-state index contributed by atoms with van der Waals surface area (Å²) in [6.45, 7) is 4.42. The van der Waals surface area contributed by atoms with Gasteiger partial charge in [-0.05, 0) is 69.1 Å². The minimum atomic E-state index is -0.433. The van der Waals surface area contributed by atoms with E-state index >= 15 is 0 Å². The monoisotopic (exact) mass is 358 g/mol. The number of nitrogens with zero attached hydrogens (tertiary/aromatic N) is 1. The highest BCUT2D eigenvalue weighted by molar-refractivity contribution is 5.92. The molecule has 1 amide bonds. The minimum Gasteiger partial charge on any atom is -0.494 e. The molecule has 0 spiro atoms. The van der Waals surface area contributed by atoms with Crippen molar-refractivity contribution in [3.8, 4) is 17.1 Å². The van der Waals surface area contributed by atoms with Gasteiger partial charge in [0.2, 0.25) is 0 Å².